The van der Waals surface area contributed by atoms with Gasteiger partial charge in [0, 0.05) is 31.6 Å². The van der Waals surface area contributed by atoms with Crippen molar-refractivity contribution >= 4 is 5.69 Å². The van der Waals surface area contributed by atoms with Gasteiger partial charge in [0.2, 0.25) is 0 Å². The second kappa shape index (κ2) is 5.75. The molecule has 21 heavy (non-hydrogen) atoms. The van der Waals surface area contributed by atoms with Crippen molar-refractivity contribution in [3.8, 4) is 12.1 Å². The zero-order valence-corrected chi connectivity index (χ0v) is 11.7. The zero-order chi connectivity index (χ0) is 14.7. The Kier molecular flexibility index (Phi) is 3.65. The summed E-state index contributed by atoms with van der Waals surface area (Å²) in [4.78, 5) is 14.5. The lowest BCUT2D eigenvalue weighted by atomic mass is 10.2. The number of ether oxygens (including phenoxy) is 1. The Balaban J connectivity index is 1.68. The average molecular weight is 281 g/mol. The molecule has 0 aromatic carbocycles. The predicted octanol–water partition coefficient (Wildman–Crippen LogP) is 1.71. The summed E-state index contributed by atoms with van der Waals surface area (Å²) in [5.74, 6) is 0. The lowest BCUT2D eigenvalue weighted by Crippen LogP contribution is -2.25. The molecule has 106 valence electrons. The Labute approximate surface area is 123 Å². The summed E-state index contributed by atoms with van der Waals surface area (Å²) in [5.41, 5.74) is 2.50. The molecule has 6 heteroatoms. The van der Waals surface area contributed by atoms with E-state index >= 15 is 0 Å². The minimum Gasteiger partial charge on any atom is -0.458 e. The van der Waals surface area contributed by atoms with E-state index in [9.17, 15) is 0 Å². The van der Waals surface area contributed by atoms with E-state index in [4.69, 9.17) is 10.00 Å². The minimum atomic E-state index is 0.0273. The Hall–Kier alpha value is -2.68. The molecule has 0 bridgehead atoms. The molecular weight excluding hydrogens is 266 g/mol. The van der Waals surface area contributed by atoms with E-state index in [2.05, 4.69) is 25.9 Å². The van der Waals surface area contributed by atoms with Gasteiger partial charge < -0.3 is 9.64 Å². The SMILES string of the molecule is Cc1cnc(OC2CCN(c3cnccc3C#N)C2)nc1. The van der Waals surface area contributed by atoms with E-state index < -0.39 is 0 Å². The van der Waals surface area contributed by atoms with Crippen molar-refractivity contribution < 1.29 is 4.74 Å². The van der Waals surface area contributed by atoms with Crippen LogP contribution in [0.2, 0.25) is 0 Å². The first kappa shape index (κ1) is 13.3. The van der Waals surface area contributed by atoms with Gasteiger partial charge in [-0.05, 0) is 18.6 Å². The van der Waals surface area contributed by atoms with Crippen LogP contribution in [0, 0.1) is 18.3 Å². The molecule has 0 spiro atoms. The van der Waals surface area contributed by atoms with Gasteiger partial charge in [0.05, 0.1) is 24.0 Å². The quantitative estimate of drug-likeness (QED) is 0.852. The maximum Gasteiger partial charge on any atom is 0.316 e. The number of pyridine rings is 1. The fourth-order valence-electron chi connectivity index (χ4n) is 2.37. The summed E-state index contributed by atoms with van der Waals surface area (Å²) in [6.07, 6.45) is 7.74. The summed E-state index contributed by atoms with van der Waals surface area (Å²) >= 11 is 0. The van der Waals surface area contributed by atoms with Gasteiger partial charge in [0.25, 0.3) is 0 Å². The predicted molar refractivity (Wildman–Crippen MR) is 77.0 cm³/mol. The zero-order valence-electron chi connectivity index (χ0n) is 11.7. The van der Waals surface area contributed by atoms with Gasteiger partial charge in [-0.25, -0.2) is 9.97 Å². The molecule has 2 aromatic rings. The number of aryl methyl sites for hydroxylation is 1. The highest BCUT2D eigenvalue weighted by Crippen LogP contribution is 2.24. The number of nitrogens with zero attached hydrogens (tertiary/aromatic N) is 5. The largest absolute Gasteiger partial charge is 0.458 e. The summed E-state index contributed by atoms with van der Waals surface area (Å²) in [6, 6.07) is 4.33. The van der Waals surface area contributed by atoms with Crippen LogP contribution >= 0.6 is 0 Å². The van der Waals surface area contributed by atoms with Gasteiger partial charge in [-0.1, -0.05) is 0 Å². The first-order valence-electron chi connectivity index (χ1n) is 6.80. The molecule has 1 fully saturated rings. The molecule has 0 saturated carbocycles. The van der Waals surface area contributed by atoms with Crippen LogP contribution in [-0.2, 0) is 0 Å². The molecule has 0 amide bonds. The monoisotopic (exact) mass is 281 g/mol. The van der Waals surface area contributed by atoms with Crippen LogP contribution in [0.15, 0.2) is 30.9 Å². The highest BCUT2D eigenvalue weighted by molar-refractivity contribution is 5.58. The summed E-state index contributed by atoms with van der Waals surface area (Å²) in [7, 11) is 0. The van der Waals surface area contributed by atoms with Crippen LogP contribution in [0.5, 0.6) is 6.01 Å². The first-order chi connectivity index (χ1) is 10.3. The van der Waals surface area contributed by atoms with E-state index in [1.54, 1.807) is 30.9 Å². The fourth-order valence-corrected chi connectivity index (χ4v) is 2.37. The Morgan fingerprint density at radius 1 is 1.33 bits per heavy atom. The number of nitriles is 1. The van der Waals surface area contributed by atoms with Gasteiger partial charge in [0.15, 0.2) is 0 Å². The molecule has 1 atom stereocenters. The van der Waals surface area contributed by atoms with Crippen molar-refractivity contribution in [2.45, 2.75) is 19.4 Å². The van der Waals surface area contributed by atoms with E-state index in [0.29, 0.717) is 18.1 Å². The molecule has 1 saturated heterocycles. The summed E-state index contributed by atoms with van der Waals surface area (Å²) < 4.78 is 5.79. The van der Waals surface area contributed by atoms with Crippen LogP contribution in [0.4, 0.5) is 5.69 Å². The third-order valence-corrected chi connectivity index (χ3v) is 3.44. The van der Waals surface area contributed by atoms with Gasteiger partial charge in [-0.15, -0.1) is 0 Å². The summed E-state index contributed by atoms with van der Waals surface area (Å²) in [6.45, 7) is 3.47. The Morgan fingerprint density at radius 2 is 2.14 bits per heavy atom. The minimum absolute atomic E-state index is 0.0273. The van der Waals surface area contributed by atoms with E-state index in [0.717, 1.165) is 24.2 Å². The Bertz CT molecular complexity index is 665. The van der Waals surface area contributed by atoms with Gasteiger partial charge >= 0.3 is 6.01 Å². The van der Waals surface area contributed by atoms with Crippen molar-refractivity contribution in [2.24, 2.45) is 0 Å². The second-order valence-electron chi connectivity index (χ2n) is 5.02. The smallest absolute Gasteiger partial charge is 0.316 e. The maximum absolute atomic E-state index is 9.15. The van der Waals surface area contributed by atoms with Crippen molar-refractivity contribution in [1.29, 1.82) is 5.26 Å². The molecule has 3 rings (SSSR count). The van der Waals surface area contributed by atoms with Crippen molar-refractivity contribution in [3.05, 3.63) is 42.0 Å². The fraction of sp³-hybridized carbons (Fsp3) is 0.333. The topological polar surface area (TPSA) is 74.9 Å². The Morgan fingerprint density at radius 3 is 2.90 bits per heavy atom. The van der Waals surface area contributed by atoms with Crippen molar-refractivity contribution in [3.63, 3.8) is 0 Å². The van der Waals surface area contributed by atoms with Crippen LogP contribution in [0.3, 0.4) is 0 Å². The number of aromatic nitrogens is 3. The third kappa shape index (κ3) is 2.92. The van der Waals surface area contributed by atoms with Gasteiger partial charge in [0.1, 0.15) is 12.2 Å². The number of hydrogen-bond donors (Lipinski definition) is 0. The molecule has 1 unspecified atom stereocenters. The molecule has 6 nitrogen and oxygen atoms in total. The first-order valence-corrected chi connectivity index (χ1v) is 6.80. The number of hydrogen-bond acceptors (Lipinski definition) is 6. The molecule has 2 aromatic heterocycles. The standard InChI is InChI=1S/C15H15N5O/c1-11-7-18-15(19-8-11)21-13-3-5-20(10-13)14-9-17-4-2-12(14)6-16/h2,4,7-9,13H,3,5,10H2,1H3. The summed E-state index contributed by atoms with van der Waals surface area (Å²) in [5, 5.41) is 9.15. The van der Waals surface area contributed by atoms with Gasteiger partial charge in [-0.2, -0.15) is 5.26 Å². The average Bonchev–Trinajstić information content (AvgIpc) is 2.98. The molecule has 1 aliphatic rings. The van der Waals surface area contributed by atoms with Gasteiger partial charge in [-0.3, -0.25) is 4.98 Å². The highest BCUT2D eigenvalue weighted by Gasteiger charge is 2.26. The highest BCUT2D eigenvalue weighted by atomic mass is 16.5. The maximum atomic E-state index is 9.15. The molecule has 0 radical (unpaired) electrons. The lowest BCUT2D eigenvalue weighted by Gasteiger charge is -2.19. The van der Waals surface area contributed by atoms with Crippen molar-refractivity contribution in [2.75, 3.05) is 18.0 Å². The van der Waals surface area contributed by atoms with E-state index in [-0.39, 0.29) is 6.10 Å². The van der Waals surface area contributed by atoms with E-state index in [1.165, 1.54) is 0 Å². The molecule has 1 aliphatic heterocycles. The van der Waals surface area contributed by atoms with Crippen molar-refractivity contribution in [1.82, 2.24) is 15.0 Å². The normalized spacial score (nSPS) is 17.5. The van der Waals surface area contributed by atoms with E-state index in [1.807, 2.05) is 6.92 Å². The molecule has 0 aliphatic carbocycles. The van der Waals surface area contributed by atoms with Crippen LogP contribution in [-0.4, -0.2) is 34.1 Å². The number of anilines is 1. The molecule has 0 N–H and O–H groups in total. The second-order valence-corrected chi connectivity index (χ2v) is 5.02. The molecular formula is C15H15N5O. The van der Waals surface area contributed by atoms with Crippen LogP contribution in [0.25, 0.3) is 0 Å². The lowest BCUT2D eigenvalue weighted by molar-refractivity contribution is 0.206. The number of rotatable bonds is 3. The third-order valence-electron chi connectivity index (χ3n) is 3.44. The molecule has 3 heterocycles. The van der Waals surface area contributed by atoms with Crippen LogP contribution in [0.1, 0.15) is 17.5 Å². The van der Waals surface area contributed by atoms with Crippen LogP contribution < -0.4 is 9.64 Å².